The molecule has 1 heteroatoms. The van der Waals surface area contributed by atoms with E-state index in [1.54, 1.807) is 0 Å². The van der Waals surface area contributed by atoms with Crippen LogP contribution in [0.15, 0.2) is 164 Å². The van der Waals surface area contributed by atoms with E-state index < -0.39 is 0 Å². The van der Waals surface area contributed by atoms with Crippen LogP contribution < -0.4 is 0 Å². The quantitative estimate of drug-likeness (QED) is 0.195. The molecule has 0 aliphatic carbocycles. The molecule has 0 fully saturated rings. The number of hydrogen-bond donors (Lipinski definition) is 0. The van der Waals surface area contributed by atoms with Gasteiger partial charge in [0.2, 0.25) is 0 Å². The molecule has 0 atom stereocenters. The van der Waals surface area contributed by atoms with Gasteiger partial charge in [-0.1, -0.05) is 127 Å². The molecule has 0 aliphatic heterocycles. The topological polar surface area (TPSA) is 4.93 Å². The van der Waals surface area contributed by atoms with Gasteiger partial charge in [-0.05, 0) is 91.0 Å². The Hall–Kier alpha value is -5.66. The van der Waals surface area contributed by atoms with Crippen molar-refractivity contribution in [2.24, 2.45) is 0 Å². The maximum Gasteiger partial charge on any atom is 0.0547 e. The highest BCUT2D eigenvalue weighted by Crippen LogP contribution is 2.40. The van der Waals surface area contributed by atoms with Crippen LogP contribution in [0.4, 0.5) is 0 Å². The molecule has 200 valence electrons. The molecule has 8 aromatic carbocycles. The van der Waals surface area contributed by atoms with E-state index in [1.165, 1.54) is 82.1 Å². The van der Waals surface area contributed by atoms with Crippen molar-refractivity contribution in [2.45, 2.75) is 0 Å². The average Bonchev–Trinajstić information content (AvgIpc) is 3.43. The van der Waals surface area contributed by atoms with Gasteiger partial charge in [0.05, 0.1) is 11.0 Å². The Balaban J connectivity index is 1.25. The number of para-hydroxylation sites is 1. The summed E-state index contributed by atoms with van der Waals surface area (Å²) < 4.78 is 2.41. The zero-order valence-corrected chi connectivity index (χ0v) is 23.5. The molecule has 0 N–H and O–H groups in total. The van der Waals surface area contributed by atoms with Crippen molar-refractivity contribution in [1.29, 1.82) is 0 Å². The molecule has 0 amide bonds. The number of hydrogen-bond acceptors (Lipinski definition) is 0. The van der Waals surface area contributed by atoms with E-state index in [9.17, 15) is 0 Å². The lowest BCUT2D eigenvalue weighted by Gasteiger charge is -2.12. The van der Waals surface area contributed by atoms with E-state index in [4.69, 9.17) is 0 Å². The highest BCUT2D eigenvalue weighted by Gasteiger charge is 2.16. The highest BCUT2D eigenvalue weighted by molar-refractivity contribution is 6.22. The Kier molecular flexibility index (Phi) is 5.27. The molecule has 0 spiro atoms. The fourth-order valence-corrected chi connectivity index (χ4v) is 6.97. The number of aromatic nitrogens is 1. The first-order valence-electron chi connectivity index (χ1n) is 14.9. The molecule has 0 bridgehead atoms. The summed E-state index contributed by atoms with van der Waals surface area (Å²) >= 11 is 0. The summed E-state index contributed by atoms with van der Waals surface area (Å²) in [4.78, 5) is 0. The van der Waals surface area contributed by atoms with Gasteiger partial charge in [-0.15, -0.1) is 0 Å². The van der Waals surface area contributed by atoms with E-state index in [1.807, 2.05) is 0 Å². The first-order chi connectivity index (χ1) is 21.3. The molecule has 0 radical (unpaired) electrons. The molecule has 43 heavy (non-hydrogen) atoms. The first-order valence-corrected chi connectivity index (χ1v) is 14.9. The van der Waals surface area contributed by atoms with Crippen LogP contribution in [0.1, 0.15) is 0 Å². The van der Waals surface area contributed by atoms with Gasteiger partial charge in [0.15, 0.2) is 0 Å². The number of nitrogens with zero attached hydrogens (tertiary/aromatic N) is 1. The van der Waals surface area contributed by atoms with Gasteiger partial charge in [0.1, 0.15) is 0 Å². The van der Waals surface area contributed by atoms with Crippen molar-refractivity contribution in [1.82, 2.24) is 4.57 Å². The second-order valence-electron chi connectivity index (χ2n) is 11.4. The third kappa shape index (κ3) is 3.72. The van der Waals surface area contributed by atoms with E-state index >= 15 is 0 Å². The number of fused-ring (bicyclic) bond motifs is 8. The van der Waals surface area contributed by atoms with Crippen LogP contribution >= 0.6 is 0 Å². The van der Waals surface area contributed by atoms with Crippen molar-refractivity contribution in [3.8, 4) is 27.9 Å². The third-order valence-electron chi connectivity index (χ3n) is 8.96. The molecule has 0 saturated carbocycles. The summed E-state index contributed by atoms with van der Waals surface area (Å²) in [6.07, 6.45) is 0. The number of rotatable bonds is 3. The molecule has 9 rings (SSSR count). The van der Waals surface area contributed by atoms with Crippen molar-refractivity contribution < 1.29 is 0 Å². The van der Waals surface area contributed by atoms with Crippen LogP contribution in [0.5, 0.6) is 0 Å². The van der Waals surface area contributed by atoms with Crippen molar-refractivity contribution in [3.05, 3.63) is 164 Å². The van der Waals surface area contributed by atoms with Crippen LogP contribution in [0.2, 0.25) is 0 Å². The van der Waals surface area contributed by atoms with Crippen molar-refractivity contribution in [2.75, 3.05) is 0 Å². The monoisotopic (exact) mass is 545 g/mol. The van der Waals surface area contributed by atoms with E-state index in [0.717, 1.165) is 0 Å². The minimum atomic E-state index is 1.17. The van der Waals surface area contributed by atoms with Crippen LogP contribution in [0.25, 0.3) is 82.1 Å². The van der Waals surface area contributed by atoms with Crippen molar-refractivity contribution >= 4 is 54.1 Å². The largest absolute Gasteiger partial charge is 0.309 e. The first kappa shape index (κ1) is 24.0. The van der Waals surface area contributed by atoms with E-state index in [0.29, 0.717) is 0 Å². The molecule has 1 heterocycles. The summed E-state index contributed by atoms with van der Waals surface area (Å²) in [6, 6.07) is 59.7. The van der Waals surface area contributed by atoms with Gasteiger partial charge in [-0.3, -0.25) is 0 Å². The van der Waals surface area contributed by atoms with Crippen LogP contribution in [0, 0.1) is 0 Å². The predicted molar refractivity (Wildman–Crippen MR) is 184 cm³/mol. The number of benzene rings is 8. The van der Waals surface area contributed by atoms with Gasteiger partial charge < -0.3 is 4.57 Å². The molecular formula is C42H27N. The lowest BCUT2D eigenvalue weighted by Crippen LogP contribution is -1.93. The predicted octanol–water partition coefficient (Wildman–Crippen LogP) is 11.6. The normalized spacial score (nSPS) is 11.7. The smallest absolute Gasteiger partial charge is 0.0547 e. The Labute approximate surface area is 249 Å². The van der Waals surface area contributed by atoms with Crippen LogP contribution in [0.3, 0.4) is 0 Å². The second kappa shape index (κ2) is 9.44. The van der Waals surface area contributed by atoms with Crippen LogP contribution in [-0.4, -0.2) is 4.57 Å². The zero-order chi connectivity index (χ0) is 28.3. The Morgan fingerprint density at radius 2 is 0.953 bits per heavy atom. The Bertz CT molecular complexity index is 2480. The average molecular weight is 546 g/mol. The van der Waals surface area contributed by atoms with Crippen molar-refractivity contribution in [3.63, 3.8) is 0 Å². The standard InChI is InChI=1S/C42H27N/c1-2-10-28(11-3-1)29-18-22-33(23-19-29)43-40-17-9-8-16-38(40)42-35-24-20-32(26-31(35)21-25-41(42)43)39-27-30-12-4-5-13-34(30)36-14-6-7-15-37(36)39/h1-27H. The summed E-state index contributed by atoms with van der Waals surface area (Å²) in [5.41, 5.74) is 8.60. The summed E-state index contributed by atoms with van der Waals surface area (Å²) in [5.74, 6) is 0. The minimum absolute atomic E-state index is 1.17. The fourth-order valence-electron chi connectivity index (χ4n) is 6.97. The molecule has 0 saturated heterocycles. The zero-order valence-electron chi connectivity index (χ0n) is 23.5. The molecule has 0 aliphatic rings. The van der Waals surface area contributed by atoms with Gasteiger partial charge in [0.25, 0.3) is 0 Å². The Morgan fingerprint density at radius 3 is 1.79 bits per heavy atom. The summed E-state index contributed by atoms with van der Waals surface area (Å²) in [6.45, 7) is 0. The van der Waals surface area contributed by atoms with Gasteiger partial charge in [-0.2, -0.15) is 0 Å². The summed E-state index contributed by atoms with van der Waals surface area (Å²) in [7, 11) is 0. The molecule has 1 nitrogen and oxygen atoms in total. The van der Waals surface area contributed by atoms with E-state index in [-0.39, 0.29) is 0 Å². The second-order valence-corrected chi connectivity index (χ2v) is 11.4. The summed E-state index contributed by atoms with van der Waals surface area (Å²) in [5, 5.41) is 10.3. The fraction of sp³-hybridized carbons (Fsp3) is 0. The third-order valence-corrected chi connectivity index (χ3v) is 8.96. The maximum atomic E-state index is 2.41. The molecule has 0 unspecified atom stereocenters. The lowest BCUT2D eigenvalue weighted by molar-refractivity contribution is 1.18. The van der Waals surface area contributed by atoms with Gasteiger partial charge in [0, 0.05) is 16.5 Å². The Morgan fingerprint density at radius 1 is 0.326 bits per heavy atom. The van der Waals surface area contributed by atoms with Gasteiger partial charge in [-0.25, -0.2) is 0 Å². The maximum absolute atomic E-state index is 2.41. The molecular weight excluding hydrogens is 518 g/mol. The highest BCUT2D eigenvalue weighted by atomic mass is 15.0. The molecule has 1 aromatic heterocycles. The molecule has 9 aromatic rings. The van der Waals surface area contributed by atoms with E-state index in [2.05, 4.69) is 168 Å². The van der Waals surface area contributed by atoms with Crippen LogP contribution in [-0.2, 0) is 0 Å². The SMILES string of the molecule is c1ccc(-c2ccc(-n3c4ccccc4c4c5ccc(-c6cc7ccccc7c7ccccc67)cc5ccc43)cc2)cc1. The lowest BCUT2D eigenvalue weighted by atomic mass is 9.92. The van der Waals surface area contributed by atoms with Gasteiger partial charge >= 0.3 is 0 Å². The minimum Gasteiger partial charge on any atom is -0.309 e.